The Morgan fingerprint density at radius 1 is 1.28 bits per heavy atom. The van der Waals surface area contributed by atoms with Crippen LogP contribution in [0.2, 0.25) is 0 Å². The number of carbonyl (C=O) groups excluding carboxylic acids is 2. The van der Waals surface area contributed by atoms with E-state index in [9.17, 15) is 14.4 Å². The number of amides is 2. The lowest BCUT2D eigenvalue weighted by molar-refractivity contribution is -0.126. The van der Waals surface area contributed by atoms with Gasteiger partial charge in [0, 0.05) is 38.1 Å². The highest BCUT2D eigenvalue weighted by molar-refractivity contribution is 6.05. The SMILES string of the molecule is CC(C)Cn1nc(C(=O)N2CCCC(C(=O)NCCN)C2)c2ccccc2c1=O. The number of carbonyl (C=O) groups is 2. The molecule has 2 aromatic rings. The van der Waals surface area contributed by atoms with E-state index in [1.165, 1.54) is 4.68 Å². The van der Waals surface area contributed by atoms with E-state index >= 15 is 0 Å². The van der Waals surface area contributed by atoms with Crippen LogP contribution in [0.3, 0.4) is 0 Å². The minimum absolute atomic E-state index is 0.0736. The first-order valence-electron chi connectivity index (χ1n) is 10.2. The van der Waals surface area contributed by atoms with Crippen molar-refractivity contribution in [3.05, 3.63) is 40.3 Å². The lowest BCUT2D eigenvalue weighted by Gasteiger charge is -2.32. The molecular formula is C21H29N5O3. The highest BCUT2D eigenvalue weighted by Crippen LogP contribution is 2.21. The van der Waals surface area contributed by atoms with Gasteiger partial charge in [0.05, 0.1) is 11.3 Å². The lowest BCUT2D eigenvalue weighted by atomic mass is 9.96. The third-order valence-corrected chi connectivity index (χ3v) is 5.13. The molecule has 2 heterocycles. The van der Waals surface area contributed by atoms with Crippen molar-refractivity contribution in [3.8, 4) is 0 Å². The van der Waals surface area contributed by atoms with Gasteiger partial charge >= 0.3 is 0 Å². The first-order valence-corrected chi connectivity index (χ1v) is 10.2. The lowest BCUT2D eigenvalue weighted by Crippen LogP contribution is -2.46. The molecule has 2 amide bonds. The number of hydrogen-bond acceptors (Lipinski definition) is 5. The second-order valence-corrected chi connectivity index (χ2v) is 7.95. The molecule has 0 spiro atoms. The molecule has 1 aliphatic heterocycles. The average molecular weight is 399 g/mol. The third kappa shape index (κ3) is 4.64. The van der Waals surface area contributed by atoms with Gasteiger partial charge in [-0.05, 0) is 24.8 Å². The summed E-state index contributed by atoms with van der Waals surface area (Å²) in [5.74, 6) is -0.354. The van der Waals surface area contributed by atoms with E-state index in [1.807, 2.05) is 13.8 Å². The highest BCUT2D eigenvalue weighted by atomic mass is 16.2. The molecule has 1 aliphatic rings. The smallest absolute Gasteiger partial charge is 0.274 e. The Morgan fingerprint density at radius 3 is 2.69 bits per heavy atom. The van der Waals surface area contributed by atoms with Crippen molar-refractivity contribution >= 4 is 22.6 Å². The van der Waals surface area contributed by atoms with Gasteiger partial charge in [-0.25, -0.2) is 4.68 Å². The summed E-state index contributed by atoms with van der Waals surface area (Å²) in [7, 11) is 0. The zero-order chi connectivity index (χ0) is 21.0. The molecule has 8 heteroatoms. The summed E-state index contributed by atoms with van der Waals surface area (Å²) in [5, 5.41) is 8.28. The Kier molecular flexibility index (Phi) is 6.64. The normalized spacial score (nSPS) is 17.0. The van der Waals surface area contributed by atoms with E-state index in [0.29, 0.717) is 43.5 Å². The average Bonchev–Trinajstić information content (AvgIpc) is 2.73. The fraction of sp³-hybridized carbons (Fsp3) is 0.524. The van der Waals surface area contributed by atoms with E-state index in [-0.39, 0.29) is 34.9 Å². The number of fused-ring (bicyclic) bond motifs is 1. The summed E-state index contributed by atoms with van der Waals surface area (Å²) in [5.41, 5.74) is 5.53. The summed E-state index contributed by atoms with van der Waals surface area (Å²) in [6.45, 7) is 6.16. The van der Waals surface area contributed by atoms with Crippen molar-refractivity contribution in [1.29, 1.82) is 0 Å². The van der Waals surface area contributed by atoms with Crippen molar-refractivity contribution < 1.29 is 9.59 Å². The zero-order valence-electron chi connectivity index (χ0n) is 17.1. The van der Waals surface area contributed by atoms with Gasteiger partial charge in [0.15, 0.2) is 5.69 Å². The predicted octanol–water partition coefficient (Wildman–Crippen LogP) is 0.980. The number of likely N-dealkylation sites (tertiary alicyclic amines) is 1. The number of benzene rings is 1. The number of nitrogens with zero attached hydrogens (tertiary/aromatic N) is 3. The van der Waals surface area contributed by atoms with Crippen LogP contribution in [0.5, 0.6) is 0 Å². The summed E-state index contributed by atoms with van der Waals surface area (Å²) in [4.78, 5) is 40.1. The summed E-state index contributed by atoms with van der Waals surface area (Å²) >= 11 is 0. The molecule has 156 valence electrons. The number of hydrogen-bond donors (Lipinski definition) is 2. The highest BCUT2D eigenvalue weighted by Gasteiger charge is 2.30. The van der Waals surface area contributed by atoms with E-state index in [4.69, 9.17) is 5.73 Å². The number of aromatic nitrogens is 2. The summed E-state index contributed by atoms with van der Waals surface area (Å²) in [6, 6.07) is 7.07. The van der Waals surface area contributed by atoms with Gasteiger partial charge in [0.25, 0.3) is 11.5 Å². The molecule has 0 saturated carbocycles. The molecule has 0 aliphatic carbocycles. The van der Waals surface area contributed by atoms with Crippen LogP contribution in [0, 0.1) is 11.8 Å². The molecule has 0 bridgehead atoms. The topological polar surface area (TPSA) is 110 Å². The van der Waals surface area contributed by atoms with Gasteiger partial charge in [0.1, 0.15) is 0 Å². The fourth-order valence-corrected chi connectivity index (χ4v) is 3.73. The number of nitrogens with two attached hydrogens (primary N) is 1. The Bertz CT molecular complexity index is 953. The van der Waals surface area contributed by atoms with Gasteiger partial charge in [0.2, 0.25) is 5.91 Å². The van der Waals surface area contributed by atoms with Gasteiger partial charge in [-0.3, -0.25) is 14.4 Å². The number of piperidine rings is 1. The number of rotatable bonds is 6. The van der Waals surface area contributed by atoms with E-state index in [1.54, 1.807) is 29.2 Å². The minimum atomic E-state index is -0.257. The monoisotopic (exact) mass is 399 g/mol. The van der Waals surface area contributed by atoms with Crippen LogP contribution in [-0.4, -0.2) is 52.7 Å². The molecule has 8 nitrogen and oxygen atoms in total. The number of nitrogens with one attached hydrogen (secondary N) is 1. The van der Waals surface area contributed by atoms with Gasteiger partial charge in [-0.15, -0.1) is 0 Å². The Hall–Kier alpha value is -2.74. The summed E-state index contributed by atoms with van der Waals surface area (Å²) < 4.78 is 1.38. The molecule has 1 aromatic carbocycles. The summed E-state index contributed by atoms with van der Waals surface area (Å²) in [6.07, 6.45) is 1.48. The van der Waals surface area contributed by atoms with E-state index in [2.05, 4.69) is 10.4 Å². The van der Waals surface area contributed by atoms with Crippen molar-refractivity contribution in [3.63, 3.8) is 0 Å². The fourth-order valence-electron chi connectivity index (χ4n) is 3.73. The second-order valence-electron chi connectivity index (χ2n) is 7.95. The van der Waals surface area contributed by atoms with Crippen molar-refractivity contribution in [2.24, 2.45) is 17.6 Å². The van der Waals surface area contributed by atoms with E-state index < -0.39 is 0 Å². The van der Waals surface area contributed by atoms with Crippen LogP contribution in [0.4, 0.5) is 0 Å². The molecular weight excluding hydrogens is 370 g/mol. The zero-order valence-corrected chi connectivity index (χ0v) is 17.1. The van der Waals surface area contributed by atoms with Crippen molar-refractivity contribution in [2.45, 2.75) is 33.2 Å². The van der Waals surface area contributed by atoms with Gasteiger partial charge in [-0.2, -0.15) is 5.10 Å². The molecule has 1 aromatic heterocycles. The van der Waals surface area contributed by atoms with Crippen LogP contribution in [0.25, 0.3) is 10.8 Å². The Labute approximate surface area is 170 Å². The largest absolute Gasteiger partial charge is 0.355 e. The van der Waals surface area contributed by atoms with E-state index in [0.717, 1.165) is 12.8 Å². The molecule has 3 N–H and O–H groups in total. The van der Waals surface area contributed by atoms with Gasteiger partial charge in [-0.1, -0.05) is 32.0 Å². The first kappa shape index (κ1) is 21.0. The van der Waals surface area contributed by atoms with Crippen molar-refractivity contribution in [1.82, 2.24) is 20.0 Å². The van der Waals surface area contributed by atoms with Crippen LogP contribution in [0.15, 0.2) is 29.1 Å². The van der Waals surface area contributed by atoms with Crippen LogP contribution in [-0.2, 0) is 11.3 Å². The standard InChI is InChI=1S/C21H29N5O3/c1-14(2)12-26-20(28)17-8-4-3-7-16(17)18(24-26)21(29)25-11-5-6-15(13-25)19(27)23-10-9-22/h3-4,7-8,14-15H,5-6,9-13,22H2,1-2H3,(H,23,27). The molecule has 29 heavy (non-hydrogen) atoms. The van der Waals surface area contributed by atoms with Crippen LogP contribution < -0.4 is 16.6 Å². The first-order chi connectivity index (χ1) is 13.9. The maximum absolute atomic E-state index is 13.3. The molecule has 1 fully saturated rings. The quantitative estimate of drug-likeness (QED) is 0.752. The van der Waals surface area contributed by atoms with Gasteiger partial charge < -0.3 is 16.0 Å². The maximum Gasteiger partial charge on any atom is 0.274 e. The maximum atomic E-state index is 13.3. The Morgan fingerprint density at radius 2 is 2.00 bits per heavy atom. The van der Waals surface area contributed by atoms with Crippen LogP contribution >= 0.6 is 0 Å². The predicted molar refractivity (Wildman–Crippen MR) is 112 cm³/mol. The third-order valence-electron chi connectivity index (χ3n) is 5.13. The second kappa shape index (κ2) is 9.17. The minimum Gasteiger partial charge on any atom is -0.355 e. The van der Waals surface area contributed by atoms with Crippen LogP contribution in [0.1, 0.15) is 37.2 Å². The Balaban J connectivity index is 1.93. The molecule has 1 unspecified atom stereocenters. The molecule has 3 rings (SSSR count). The molecule has 1 atom stereocenters. The van der Waals surface area contributed by atoms with Crippen molar-refractivity contribution in [2.75, 3.05) is 26.2 Å². The molecule has 1 saturated heterocycles. The molecule has 0 radical (unpaired) electrons.